The molecule has 1 amide bonds. The number of carbonyl (C=O) groups excluding carboxylic acids is 1. The lowest BCUT2D eigenvalue weighted by molar-refractivity contribution is -0.130. The number of aromatic nitrogens is 3. The zero-order chi connectivity index (χ0) is 17.1. The van der Waals surface area contributed by atoms with Gasteiger partial charge in [0.15, 0.2) is 5.82 Å². The Bertz CT molecular complexity index is 608. The zero-order valence-electron chi connectivity index (χ0n) is 15.0. The molecule has 1 fully saturated rings. The molecular weight excluding hydrogens is 304 g/mol. The number of rotatable bonds is 4. The van der Waals surface area contributed by atoms with Gasteiger partial charge in [0.1, 0.15) is 5.82 Å². The SMILES string of the molecule is CN(C)C/C=C/C(=O)N1CCCCC1c1nnc2n1CCN(C)C2. The second-order valence-electron chi connectivity index (χ2n) is 7.07. The highest BCUT2D eigenvalue weighted by Gasteiger charge is 2.32. The lowest BCUT2D eigenvalue weighted by Crippen LogP contribution is -2.40. The van der Waals surface area contributed by atoms with Gasteiger partial charge in [0.25, 0.3) is 0 Å². The molecule has 24 heavy (non-hydrogen) atoms. The van der Waals surface area contributed by atoms with E-state index in [1.165, 1.54) is 0 Å². The van der Waals surface area contributed by atoms with E-state index < -0.39 is 0 Å². The fourth-order valence-electron chi connectivity index (χ4n) is 3.47. The van der Waals surface area contributed by atoms with E-state index in [0.29, 0.717) is 0 Å². The monoisotopic (exact) mass is 332 g/mol. The van der Waals surface area contributed by atoms with E-state index in [0.717, 1.165) is 63.6 Å². The molecule has 0 bridgehead atoms. The summed E-state index contributed by atoms with van der Waals surface area (Å²) in [6.45, 7) is 4.32. The second kappa shape index (κ2) is 7.44. The summed E-state index contributed by atoms with van der Waals surface area (Å²) in [4.78, 5) is 18.9. The average Bonchev–Trinajstić information content (AvgIpc) is 2.97. The summed E-state index contributed by atoms with van der Waals surface area (Å²) < 4.78 is 2.22. The summed E-state index contributed by atoms with van der Waals surface area (Å²) in [5.41, 5.74) is 0. The van der Waals surface area contributed by atoms with Gasteiger partial charge in [0.2, 0.25) is 5.91 Å². The molecule has 0 spiro atoms. The highest BCUT2D eigenvalue weighted by Crippen LogP contribution is 2.31. The van der Waals surface area contributed by atoms with Crippen molar-refractivity contribution in [1.29, 1.82) is 0 Å². The minimum Gasteiger partial charge on any atom is -0.329 e. The van der Waals surface area contributed by atoms with E-state index in [1.54, 1.807) is 6.08 Å². The number of hydrogen-bond donors (Lipinski definition) is 0. The van der Waals surface area contributed by atoms with E-state index in [2.05, 4.69) is 26.7 Å². The van der Waals surface area contributed by atoms with Crippen molar-refractivity contribution in [2.75, 3.05) is 40.8 Å². The van der Waals surface area contributed by atoms with Gasteiger partial charge in [-0.3, -0.25) is 9.69 Å². The van der Waals surface area contributed by atoms with Crippen molar-refractivity contribution in [2.45, 2.75) is 38.4 Å². The van der Waals surface area contributed by atoms with Crippen LogP contribution in [0.1, 0.15) is 37.0 Å². The fourth-order valence-corrected chi connectivity index (χ4v) is 3.47. The van der Waals surface area contributed by atoms with Crippen LogP contribution in [0, 0.1) is 0 Å². The third-order valence-corrected chi connectivity index (χ3v) is 4.79. The number of hydrogen-bond acceptors (Lipinski definition) is 5. The van der Waals surface area contributed by atoms with Crippen LogP contribution in [-0.4, -0.2) is 76.1 Å². The molecule has 1 aromatic rings. The number of piperidine rings is 1. The molecular formula is C17H28N6O. The van der Waals surface area contributed by atoms with Crippen LogP contribution in [0.25, 0.3) is 0 Å². The van der Waals surface area contributed by atoms with E-state index >= 15 is 0 Å². The first-order valence-corrected chi connectivity index (χ1v) is 8.78. The minimum absolute atomic E-state index is 0.0555. The summed E-state index contributed by atoms with van der Waals surface area (Å²) in [7, 11) is 6.10. The van der Waals surface area contributed by atoms with Crippen molar-refractivity contribution in [3.8, 4) is 0 Å². The van der Waals surface area contributed by atoms with E-state index in [4.69, 9.17) is 0 Å². The first kappa shape index (κ1) is 17.1. The van der Waals surface area contributed by atoms with Crippen LogP contribution in [-0.2, 0) is 17.9 Å². The van der Waals surface area contributed by atoms with Gasteiger partial charge >= 0.3 is 0 Å². The smallest absolute Gasteiger partial charge is 0.246 e. The van der Waals surface area contributed by atoms with Gasteiger partial charge in [0.05, 0.1) is 12.6 Å². The number of amides is 1. The molecule has 7 heteroatoms. The molecule has 1 unspecified atom stereocenters. The number of fused-ring (bicyclic) bond motifs is 1. The molecule has 2 aliphatic heterocycles. The Balaban J connectivity index is 1.78. The largest absolute Gasteiger partial charge is 0.329 e. The molecule has 7 nitrogen and oxygen atoms in total. The third-order valence-electron chi connectivity index (χ3n) is 4.79. The number of likely N-dealkylation sites (tertiary alicyclic amines) is 1. The Morgan fingerprint density at radius 3 is 2.88 bits per heavy atom. The number of carbonyl (C=O) groups is 1. The zero-order valence-corrected chi connectivity index (χ0v) is 15.0. The molecule has 132 valence electrons. The first-order valence-electron chi connectivity index (χ1n) is 8.78. The van der Waals surface area contributed by atoms with Crippen molar-refractivity contribution in [2.24, 2.45) is 0 Å². The van der Waals surface area contributed by atoms with Crippen LogP contribution in [0.15, 0.2) is 12.2 Å². The summed E-state index contributed by atoms with van der Waals surface area (Å²) in [6.07, 6.45) is 6.81. The Kier molecular flexibility index (Phi) is 5.30. The second-order valence-corrected chi connectivity index (χ2v) is 7.07. The Hall–Kier alpha value is -1.73. The lowest BCUT2D eigenvalue weighted by atomic mass is 10.0. The van der Waals surface area contributed by atoms with Gasteiger partial charge in [-0.1, -0.05) is 6.08 Å². The minimum atomic E-state index is 0.0555. The third kappa shape index (κ3) is 3.67. The molecule has 3 rings (SSSR count). The van der Waals surface area contributed by atoms with Crippen LogP contribution in [0.4, 0.5) is 0 Å². The molecule has 0 aliphatic carbocycles. The summed E-state index contributed by atoms with van der Waals surface area (Å²) >= 11 is 0. The topological polar surface area (TPSA) is 57.5 Å². The molecule has 3 heterocycles. The average molecular weight is 332 g/mol. The molecule has 2 aliphatic rings. The summed E-state index contributed by atoms with van der Waals surface area (Å²) in [5.74, 6) is 2.07. The van der Waals surface area contributed by atoms with Gasteiger partial charge in [-0.25, -0.2) is 0 Å². The van der Waals surface area contributed by atoms with Gasteiger partial charge in [0, 0.05) is 32.3 Å². The van der Waals surface area contributed by atoms with Crippen molar-refractivity contribution in [3.05, 3.63) is 23.8 Å². The maximum Gasteiger partial charge on any atom is 0.246 e. The van der Waals surface area contributed by atoms with E-state index in [1.807, 2.05) is 30.0 Å². The maximum absolute atomic E-state index is 12.7. The molecule has 0 radical (unpaired) electrons. The molecule has 1 atom stereocenters. The number of nitrogens with zero attached hydrogens (tertiary/aromatic N) is 6. The highest BCUT2D eigenvalue weighted by molar-refractivity contribution is 5.88. The molecule has 0 N–H and O–H groups in total. The van der Waals surface area contributed by atoms with E-state index in [9.17, 15) is 4.79 Å². The Morgan fingerprint density at radius 1 is 1.25 bits per heavy atom. The van der Waals surface area contributed by atoms with Crippen LogP contribution >= 0.6 is 0 Å². The van der Waals surface area contributed by atoms with Gasteiger partial charge in [-0.05, 0) is 40.4 Å². The van der Waals surface area contributed by atoms with Crippen LogP contribution in [0.2, 0.25) is 0 Å². The van der Waals surface area contributed by atoms with Crippen LogP contribution < -0.4 is 0 Å². The van der Waals surface area contributed by atoms with Gasteiger partial charge in [-0.15, -0.1) is 10.2 Å². The summed E-state index contributed by atoms with van der Waals surface area (Å²) in [6, 6.07) is 0.0555. The van der Waals surface area contributed by atoms with Crippen molar-refractivity contribution in [3.63, 3.8) is 0 Å². The fraction of sp³-hybridized carbons (Fsp3) is 0.706. The van der Waals surface area contributed by atoms with Crippen molar-refractivity contribution in [1.82, 2.24) is 29.5 Å². The lowest BCUT2D eigenvalue weighted by Gasteiger charge is -2.35. The molecule has 1 saturated heterocycles. The summed E-state index contributed by atoms with van der Waals surface area (Å²) in [5, 5.41) is 8.83. The van der Waals surface area contributed by atoms with Gasteiger partial charge in [-0.2, -0.15) is 0 Å². The molecule has 1 aromatic heterocycles. The maximum atomic E-state index is 12.7. The van der Waals surface area contributed by atoms with Crippen LogP contribution in [0.3, 0.4) is 0 Å². The predicted octanol–water partition coefficient (Wildman–Crippen LogP) is 0.895. The van der Waals surface area contributed by atoms with E-state index in [-0.39, 0.29) is 11.9 Å². The van der Waals surface area contributed by atoms with Crippen LogP contribution in [0.5, 0.6) is 0 Å². The Labute approximate surface area is 143 Å². The van der Waals surface area contributed by atoms with Crippen molar-refractivity contribution >= 4 is 5.91 Å². The normalized spacial score (nSPS) is 22.3. The van der Waals surface area contributed by atoms with Crippen molar-refractivity contribution < 1.29 is 4.79 Å². The van der Waals surface area contributed by atoms with Gasteiger partial charge < -0.3 is 14.4 Å². The highest BCUT2D eigenvalue weighted by atomic mass is 16.2. The molecule has 0 aromatic carbocycles. The standard InChI is InChI=1S/C17H28N6O/c1-20(2)9-6-8-16(24)22-10-5-4-7-14(22)17-19-18-15-13-21(3)11-12-23(15)17/h6,8,14H,4-5,7,9-13H2,1-3H3/b8-6+. The Morgan fingerprint density at radius 2 is 2.08 bits per heavy atom. The predicted molar refractivity (Wildman–Crippen MR) is 92.4 cm³/mol. The number of likely N-dealkylation sites (N-methyl/N-ethyl adjacent to an activating group) is 2. The quantitative estimate of drug-likeness (QED) is 0.767. The molecule has 0 saturated carbocycles. The first-order chi connectivity index (χ1) is 11.6.